The number of furan rings is 1. The molecule has 1 rings (SSSR count). The minimum absolute atomic E-state index is 0.423. The molecule has 16 heavy (non-hydrogen) atoms. The molecular weight excluding hydrogens is 200 g/mol. The zero-order valence-electron chi connectivity index (χ0n) is 10.2. The molecule has 0 aliphatic heterocycles. The van der Waals surface area contributed by atoms with E-state index >= 15 is 0 Å². The van der Waals surface area contributed by atoms with Crippen LogP contribution in [0.5, 0.6) is 0 Å². The average molecular weight is 220 g/mol. The van der Waals surface area contributed by atoms with Crippen LogP contribution in [0.3, 0.4) is 0 Å². The second kappa shape index (κ2) is 6.37. The van der Waals surface area contributed by atoms with Gasteiger partial charge in [-0.1, -0.05) is 6.92 Å². The Labute approximate surface area is 97.3 Å². The lowest BCUT2D eigenvalue weighted by molar-refractivity contribution is 0.123. The molecule has 2 heteroatoms. The van der Waals surface area contributed by atoms with E-state index in [0.29, 0.717) is 18.1 Å². The van der Waals surface area contributed by atoms with E-state index in [1.165, 1.54) is 5.57 Å². The summed E-state index contributed by atoms with van der Waals surface area (Å²) in [5.74, 6) is 1.07. The van der Waals surface area contributed by atoms with Crippen molar-refractivity contribution in [3.63, 3.8) is 0 Å². The van der Waals surface area contributed by atoms with Gasteiger partial charge in [-0.15, -0.1) is 5.73 Å². The van der Waals surface area contributed by atoms with Gasteiger partial charge < -0.3 is 9.52 Å². The van der Waals surface area contributed by atoms with Crippen LogP contribution in [-0.2, 0) is 0 Å². The topological polar surface area (TPSA) is 33.4 Å². The van der Waals surface area contributed by atoms with Crippen LogP contribution < -0.4 is 0 Å². The van der Waals surface area contributed by atoms with Crippen LogP contribution in [0.15, 0.2) is 40.2 Å². The smallest absolute Gasteiger partial charge is 0.132 e. The minimum Gasteiger partial charge on any atom is -0.467 e. The molecule has 2 nitrogen and oxygen atoms in total. The molecule has 88 valence electrons. The van der Waals surface area contributed by atoms with Crippen LogP contribution in [0.2, 0.25) is 0 Å². The molecule has 0 fully saturated rings. The number of allylic oxidation sites excluding steroid dienone is 1. The summed E-state index contributed by atoms with van der Waals surface area (Å²) in [5, 5.41) is 9.86. The molecule has 2 unspecified atom stereocenters. The lowest BCUT2D eigenvalue weighted by Crippen LogP contribution is -2.02. The fraction of sp³-hybridized carbons (Fsp3) is 0.500. The highest BCUT2D eigenvalue weighted by atomic mass is 16.4. The Morgan fingerprint density at radius 3 is 2.88 bits per heavy atom. The zero-order valence-corrected chi connectivity index (χ0v) is 10.2. The van der Waals surface area contributed by atoms with Gasteiger partial charge in [0.2, 0.25) is 0 Å². The summed E-state index contributed by atoms with van der Waals surface area (Å²) < 4.78 is 5.16. The Hall–Kier alpha value is -1.24. The summed E-state index contributed by atoms with van der Waals surface area (Å²) >= 11 is 0. The molecule has 0 aliphatic carbocycles. The highest BCUT2D eigenvalue weighted by Crippen LogP contribution is 2.23. The van der Waals surface area contributed by atoms with Crippen LogP contribution in [0.4, 0.5) is 0 Å². The lowest BCUT2D eigenvalue weighted by atomic mass is 9.99. The Bertz CT molecular complexity index is 352. The standard InChI is InChI=1S/C14H20O2/c1-11(2)6-4-7-12(3)10-13(15)14-8-5-9-16-14/h4-5,8-9,12-13,15H,7,10H2,1-3H3. The maximum Gasteiger partial charge on any atom is 0.132 e. The molecule has 0 amide bonds. The molecule has 0 spiro atoms. The Morgan fingerprint density at radius 1 is 1.56 bits per heavy atom. The van der Waals surface area contributed by atoms with Gasteiger partial charge in [-0.05, 0) is 56.4 Å². The number of aliphatic hydroxyl groups is 1. The first kappa shape index (κ1) is 12.8. The molecule has 0 saturated heterocycles. The molecule has 0 bridgehead atoms. The predicted octanol–water partition coefficient (Wildman–Crippen LogP) is 3.85. The van der Waals surface area contributed by atoms with E-state index in [4.69, 9.17) is 4.42 Å². The van der Waals surface area contributed by atoms with Crippen LogP contribution in [-0.4, -0.2) is 5.11 Å². The first-order valence-corrected chi connectivity index (χ1v) is 5.69. The van der Waals surface area contributed by atoms with E-state index in [9.17, 15) is 5.11 Å². The first-order valence-electron chi connectivity index (χ1n) is 5.69. The van der Waals surface area contributed by atoms with Crippen molar-refractivity contribution < 1.29 is 9.52 Å². The summed E-state index contributed by atoms with van der Waals surface area (Å²) in [4.78, 5) is 0. The molecule has 1 aromatic heterocycles. The van der Waals surface area contributed by atoms with Crippen molar-refractivity contribution in [1.29, 1.82) is 0 Å². The molecule has 0 aliphatic rings. The SMILES string of the molecule is CC(C)=C=CCC(C)CC(O)c1ccco1. The highest BCUT2D eigenvalue weighted by Gasteiger charge is 2.13. The summed E-state index contributed by atoms with van der Waals surface area (Å²) in [5.41, 5.74) is 4.35. The lowest BCUT2D eigenvalue weighted by Gasteiger charge is -2.12. The zero-order chi connectivity index (χ0) is 12.0. The summed E-state index contributed by atoms with van der Waals surface area (Å²) in [7, 11) is 0. The number of hydrogen-bond donors (Lipinski definition) is 1. The molecule has 2 atom stereocenters. The third kappa shape index (κ3) is 4.52. The first-order chi connectivity index (χ1) is 7.59. The van der Waals surface area contributed by atoms with E-state index in [0.717, 1.165) is 6.42 Å². The van der Waals surface area contributed by atoms with Gasteiger partial charge in [-0.25, -0.2) is 0 Å². The van der Waals surface area contributed by atoms with Gasteiger partial charge in [-0.3, -0.25) is 0 Å². The molecule has 1 N–H and O–H groups in total. The molecule has 1 heterocycles. The van der Waals surface area contributed by atoms with E-state index < -0.39 is 6.10 Å². The molecule has 0 aromatic carbocycles. The van der Waals surface area contributed by atoms with Gasteiger partial charge in [0.25, 0.3) is 0 Å². The van der Waals surface area contributed by atoms with Crippen molar-refractivity contribution in [2.45, 2.75) is 39.7 Å². The Kier molecular flexibility index (Phi) is 5.10. The molecule has 0 radical (unpaired) electrons. The highest BCUT2D eigenvalue weighted by molar-refractivity contribution is 5.02. The fourth-order valence-electron chi connectivity index (χ4n) is 1.54. The molecular formula is C14H20O2. The van der Waals surface area contributed by atoms with Gasteiger partial charge in [0.05, 0.1) is 6.26 Å². The summed E-state index contributed by atoms with van der Waals surface area (Å²) in [6.45, 7) is 6.17. The Morgan fingerprint density at radius 2 is 2.31 bits per heavy atom. The van der Waals surface area contributed by atoms with E-state index in [2.05, 4.69) is 12.7 Å². The van der Waals surface area contributed by atoms with Crippen molar-refractivity contribution in [3.05, 3.63) is 41.5 Å². The maximum atomic E-state index is 9.86. The Balaban J connectivity index is 2.40. The maximum absolute atomic E-state index is 9.86. The quantitative estimate of drug-likeness (QED) is 0.764. The van der Waals surface area contributed by atoms with Crippen molar-refractivity contribution in [2.24, 2.45) is 5.92 Å². The number of hydrogen-bond acceptors (Lipinski definition) is 2. The monoisotopic (exact) mass is 220 g/mol. The molecule has 1 aromatic rings. The van der Waals surface area contributed by atoms with Crippen LogP contribution in [0, 0.1) is 5.92 Å². The van der Waals surface area contributed by atoms with Crippen molar-refractivity contribution in [1.82, 2.24) is 0 Å². The van der Waals surface area contributed by atoms with Gasteiger partial charge >= 0.3 is 0 Å². The summed E-state index contributed by atoms with van der Waals surface area (Å²) in [6.07, 6.45) is 4.78. The van der Waals surface area contributed by atoms with E-state index in [1.54, 1.807) is 12.3 Å². The van der Waals surface area contributed by atoms with Crippen molar-refractivity contribution >= 4 is 0 Å². The van der Waals surface area contributed by atoms with E-state index in [-0.39, 0.29) is 0 Å². The van der Waals surface area contributed by atoms with Gasteiger partial charge in [-0.2, -0.15) is 0 Å². The minimum atomic E-state index is -0.495. The third-order valence-corrected chi connectivity index (χ3v) is 2.41. The largest absolute Gasteiger partial charge is 0.467 e. The van der Waals surface area contributed by atoms with Crippen LogP contribution in [0.1, 0.15) is 45.5 Å². The fourth-order valence-corrected chi connectivity index (χ4v) is 1.54. The number of aliphatic hydroxyl groups excluding tert-OH is 1. The van der Waals surface area contributed by atoms with Gasteiger partial charge in [0.1, 0.15) is 11.9 Å². The van der Waals surface area contributed by atoms with Gasteiger partial charge in [0, 0.05) is 0 Å². The predicted molar refractivity (Wildman–Crippen MR) is 65.0 cm³/mol. The van der Waals surface area contributed by atoms with Crippen LogP contribution >= 0.6 is 0 Å². The number of rotatable bonds is 5. The van der Waals surface area contributed by atoms with Crippen molar-refractivity contribution in [2.75, 3.05) is 0 Å². The van der Waals surface area contributed by atoms with Gasteiger partial charge in [0.15, 0.2) is 0 Å². The van der Waals surface area contributed by atoms with Crippen LogP contribution in [0.25, 0.3) is 0 Å². The average Bonchev–Trinajstić information content (AvgIpc) is 2.69. The summed E-state index contributed by atoms with van der Waals surface area (Å²) in [6, 6.07) is 3.61. The van der Waals surface area contributed by atoms with Crippen molar-refractivity contribution in [3.8, 4) is 0 Å². The third-order valence-electron chi connectivity index (χ3n) is 2.41. The molecule has 0 saturated carbocycles. The second-order valence-corrected chi connectivity index (χ2v) is 4.46. The normalized spacial score (nSPS) is 14.0. The van der Waals surface area contributed by atoms with E-state index in [1.807, 2.05) is 26.0 Å². The second-order valence-electron chi connectivity index (χ2n) is 4.46.